The molecular formula is C15H17F2N5O2. The van der Waals surface area contributed by atoms with E-state index in [4.69, 9.17) is 10.00 Å². The monoisotopic (exact) mass is 337 g/mol. The van der Waals surface area contributed by atoms with Crippen molar-refractivity contribution in [2.45, 2.75) is 24.9 Å². The Morgan fingerprint density at radius 2 is 2.12 bits per heavy atom. The predicted octanol–water partition coefficient (Wildman–Crippen LogP) is 0.811. The molecule has 0 aromatic carbocycles. The number of rotatable bonds is 2. The molecule has 0 saturated carbocycles. The van der Waals surface area contributed by atoms with Gasteiger partial charge in [0.25, 0.3) is 11.8 Å². The lowest BCUT2D eigenvalue weighted by Gasteiger charge is -2.37. The van der Waals surface area contributed by atoms with Crippen LogP contribution in [0.4, 0.5) is 14.7 Å². The van der Waals surface area contributed by atoms with E-state index >= 15 is 0 Å². The van der Waals surface area contributed by atoms with E-state index in [1.165, 1.54) is 17.2 Å². The SMILES string of the molecule is N#Cc1ccnc(N2CCOC(C(=O)N3CCC(F)(F)CC3)C2)n1. The van der Waals surface area contributed by atoms with Crippen LogP contribution in [0.2, 0.25) is 0 Å². The second-order valence-electron chi connectivity index (χ2n) is 5.84. The van der Waals surface area contributed by atoms with Gasteiger partial charge in [-0.1, -0.05) is 0 Å². The van der Waals surface area contributed by atoms with Gasteiger partial charge in [-0.3, -0.25) is 4.79 Å². The zero-order valence-corrected chi connectivity index (χ0v) is 13.0. The Morgan fingerprint density at radius 1 is 1.38 bits per heavy atom. The van der Waals surface area contributed by atoms with Crippen molar-refractivity contribution in [2.75, 3.05) is 37.7 Å². The van der Waals surface area contributed by atoms with Crippen molar-refractivity contribution in [1.82, 2.24) is 14.9 Å². The molecule has 2 saturated heterocycles. The van der Waals surface area contributed by atoms with E-state index in [0.717, 1.165) is 0 Å². The molecule has 2 aliphatic heterocycles. The quantitative estimate of drug-likeness (QED) is 0.794. The topological polar surface area (TPSA) is 82.3 Å². The van der Waals surface area contributed by atoms with Crippen molar-refractivity contribution >= 4 is 11.9 Å². The first-order chi connectivity index (χ1) is 11.5. The molecule has 0 radical (unpaired) electrons. The fourth-order valence-electron chi connectivity index (χ4n) is 2.80. The number of aromatic nitrogens is 2. The molecule has 3 rings (SSSR count). The van der Waals surface area contributed by atoms with Crippen LogP contribution in [-0.4, -0.2) is 65.6 Å². The molecule has 1 atom stereocenters. The van der Waals surface area contributed by atoms with Gasteiger partial charge < -0.3 is 14.5 Å². The van der Waals surface area contributed by atoms with Gasteiger partial charge in [0.1, 0.15) is 11.8 Å². The molecule has 1 aromatic heterocycles. The molecule has 1 unspecified atom stereocenters. The highest BCUT2D eigenvalue weighted by Gasteiger charge is 2.38. The third kappa shape index (κ3) is 3.59. The minimum absolute atomic E-state index is 0.0338. The van der Waals surface area contributed by atoms with Gasteiger partial charge in [0.2, 0.25) is 5.95 Å². The molecule has 0 spiro atoms. The Bertz CT molecular complexity index is 654. The number of hydrogen-bond donors (Lipinski definition) is 0. The minimum Gasteiger partial charge on any atom is -0.365 e. The van der Waals surface area contributed by atoms with Crippen molar-refractivity contribution in [1.29, 1.82) is 5.26 Å². The third-order valence-electron chi connectivity index (χ3n) is 4.19. The number of nitrogens with zero attached hydrogens (tertiary/aromatic N) is 5. The maximum Gasteiger partial charge on any atom is 0.253 e. The summed E-state index contributed by atoms with van der Waals surface area (Å²) in [5.74, 6) is -2.62. The van der Waals surface area contributed by atoms with Gasteiger partial charge in [0.15, 0.2) is 6.10 Å². The van der Waals surface area contributed by atoms with Gasteiger partial charge in [-0.2, -0.15) is 5.26 Å². The van der Waals surface area contributed by atoms with Crippen LogP contribution in [0, 0.1) is 11.3 Å². The lowest BCUT2D eigenvalue weighted by molar-refractivity contribution is -0.150. The van der Waals surface area contributed by atoms with E-state index in [2.05, 4.69) is 9.97 Å². The Labute approximate surface area is 137 Å². The van der Waals surface area contributed by atoms with E-state index in [1.807, 2.05) is 6.07 Å². The van der Waals surface area contributed by atoms with Crippen LogP contribution in [0.3, 0.4) is 0 Å². The number of ether oxygens (including phenoxy) is 1. The Hall–Kier alpha value is -2.34. The van der Waals surface area contributed by atoms with Gasteiger partial charge in [-0.25, -0.2) is 18.7 Å². The average molecular weight is 337 g/mol. The first-order valence-electron chi connectivity index (χ1n) is 7.75. The number of halogens is 2. The second-order valence-corrected chi connectivity index (χ2v) is 5.84. The van der Waals surface area contributed by atoms with E-state index in [-0.39, 0.29) is 44.1 Å². The molecule has 7 nitrogen and oxygen atoms in total. The lowest BCUT2D eigenvalue weighted by Crippen LogP contribution is -2.53. The molecule has 0 N–H and O–H groups in total. The number of likely N-dealkylation sites (tertiary alicyclic amines) is 1. The van der Waals surface area contributed by atoms with Crippen LogP contribution in [0.5, 0.6) is 0 Å². The summed E-state index contributed by atoms with van der Waals surface area (Å²) < 4.78 is 31.9. The molecule has 128 valence electrons. The average Bonchev–Trinajstić information content (AvgIpc) is 2.61. The van der Waals surface area contributed by atoms with Crippen molar-refractivity contribution < 1.29 is 18.3 Å². The summed E-state index contributed by atoms with van der Waals surface area (Å²) in [5, 5.41) is 8.91. The lowest BCUT2D eigenvalue weighted by atomic mass is 10.1. The molecule has 2 aliphatic rings. The Kier molecular flexibility index (Phi) is 4.57. The number of morpholine rings is 1. The number of piperidine rings is 1. The van der Waals surface area contributed by atoms with Crippen LogP contribution < -0.4 is 4.90 Å². The molecule has 1 amide bonds. The third-order valence-corrected chi connectivity index (χ3v) is 4.19. The number of nitriles is 1. The minimum atomic E-state index is -2.69. The second kappa shape index (κ2) is 6.65. The highest BCUT2D eigenvalue weighted by molar-refractivity contribution is 5.82. The van der Waals surface area contributed by atoms with Crippen LogP contribution in [0.25, 0.3) is 0 Å². The normalized spacial score (nSPS) is 23.6. The number of amides is 1. The van der Waals surface area contributed by atoms with Gasteiger partial charge >= 0.3 is 0 Å². The molecule has 1 aromatic rings. The molecule has 0 aliphatic carbocycles. The van der Waals surface area contributed by atoms with Crippen molar-refractivity contribution in [2.24, 2.45) is 0 Å². The van der Waals surface area contributed by atoms with Gasteiger partial charge in [-0.15, -0.1) is 0 Å². The van der Waals surface area contributed by atoms with Gasteiger partial charge in [-0.05, 0) is 6.07 Å². The first kappa shape index (κ1) is 16.5. The molecule has 9 heteroatoms. The number of hydrogen-bond acceptors (Lipinski definition) is 6. The standard InChI is InChI=1S/C15H17F2N5O2/c16-15(17)2-5-21(6-3-15)13(23)12-10-22(7-8-24-12)14-19-4-1-11(9-18)20-14/h1,4,12H,2-3,5-8,10H2. The fourth-order valence-corrected chi connectivity index (χ4v) is 2.80. The largest absolute Gasteiger partial charge is 0.365 e. The van der Waals surface area contributed by atoms with E-state index in [1.54, 1.807) is 4.90 Å². The van der Waals surface area contributed by atoms with Gasteiger partial charge in [0, 0.05) is 38.7 Å². The summed E-state index contributed by atoms with van der Waals surface area (Å²) in [7, 11) is 0. The predicted molar refractivity (Wildman–Crippen MR) is 79.5 cm³/mol. The van der Waals surface area contributed by atoms with Gasteiger partial charge in [0.05, 0.1) is 13.2 Å². The molecule has 0 bridgehead atoms. The summed E-state index contributed by atoms with van der Waals surface area (Å²) in [6.07, 6.45) is 0.116. The number of carbonyl (C=O) groups is 1. The molecule has 24 heavy (non-hydrogen) atoms. The molecular weight excluding hydrogens is 320 g/mol. The van der Waals surface area contributed by atoms with Crippen LogP contribution in [0.15, 0.2) is 12.3 Å². The highest BCUT2D eigenvalue weighted by atomic mass is 19.3. The van der Waals surface area contributed by atoms with E-state index in [0.29, 0.717) is 19.1 Å². The van der Waals surface area contributed by atoms with E-state index < -0.39 is 12.0 Å². The Balaban J connectivity index is 1.65. The van der Waals surface area contributed by atoms with Crippen molar-refractivity contribution in [3.63, 3.8) is 0 Å². The van der Waals surface area contributed by atoms with E-state index in [9.17, 15) is 13.6 Å². The molecule has 3 heterocycles. The number of carbonyl (C=O) groups excluding carboxylic acids is 1. The zero-order chi connectivity index (χ0) is 17.2. The summed E-state index contributed by atoms with van der Waals surface area (Å²) in [6.45, 7) is 1.11. The number of anilines is 1. The fraction of sp³-hybridized carbons (Fsp3) is 0.600. The zero-order valence-electron chi connectivity index (χ0n) is 13.0. The number of alkyl halides is 2. The van der Waals surface area contributed by atoms with Crippen LogP contribution in [0.1, 0.15) is 18.5 Å². The maximum absolute atomic E-state index is 13.2. The Morgan fingerprint density at radius 3 is 2.83 bits per heavy atom. The van der Waals surface area contributed by atoms with Crippen molar-refractivity contribution in [3.05, 3.63) is 18.0 Å². The molecule has 2 fully saturated rings. The summed E-state index contributed by atoms with van der Waals surface area (Å²) in [6, 6.07) is 3.45. The van der Waals surface area contributed by atoms with Crippen LogP contribution in [-0.2, 0) is 9.53 Å². The summed E-state index contributed by atoms with van der Waals surface area (Å²) >= 11 is 0. The highest BCUT2D eigenvalue weighted by Crippen LogP contribution is 2.28. The smallest absolute Gasteiger partial charge is 0.253 e. The summed E-state index contributed by atoms with van der Waals surface area (Å²) in [4.78, 5) is 23.9. The first-order valence-corrected chi connectivity index (χ1v) is 7.75. The van der Waals surface area contributed by atoms with Crippen LogP contribution >= 0.6 is 0 Å². The van der Waals surface area contributed by atoms with Crippen molar-refractivity contribution in [3.8, 4) is 6.07 Å². The maximum atomic E-state index is 13.2. The summed E-state index contributed by atoms with van der Waals surface area (Å²) in [5.41, 5.74) is 0.243.